The Morgan fingerprint density at radius 3 is 2.77 bits per heavy atom. The lowest BCUT2D eigenvalue weighted by Gasteiger charge is -2.26. The monoisotopic (exact) mass is 301 g/mol. The Hall–Kier alpha value is -2.37. The SMILES string of the molecule is O=C1NCCC(=O)N2[C@@H]1CC[C@H]2C(=O)NCc1ccccc1. The zero-order valence-electron chi connectivity index (χ0n) is 12.2. The molecule has 6 heteroatoms. The van der Waals surface area contributed by atoms with Gasteiger partial charge in [-0.3, -0.25) is 14.4 Å². The molecule has 0 bridgehead atoms. The van der Waals surface area contributed by atoms with Crippen molar-refractivity contribution in [1.29, 1.82) is 0 Å². The van der Waals surface area contributed by atoms with Gasteiger partial charge >= 0.3 is 0 Å². The summed E-state index contributed by atoms with van der Waals surface area (Å²) in [5, 5.41) is 5.60. The molecule has 2 aliphatic heterocycles. The molecule has 2 fully saturated rings. The molecule has 1 aromatic carbocycles. The summed E-state index contributed by atoms with van der Waals surface area (Å²) in [6, 6.07) is 8.57. The Labute approximate surface area is 128 Å². The minimum Gasteiger partial charge on any atom is -0.354 e. The number of hydrogen-bond acceptors (Lipinski definition) is 3. The summed E-state index contributed by atoms with van der Waals surface area (Å²) in [7, 11) is 0. The Bertz CT molecular complexity index is 588. The normalized spacial score (nSPS) is 24.5. The Morgan fingerprint density at radius 1 is 1.23 bits per heavy atom. The first-order valence-electron chi connectivity index (χ1n) is 7.57. The van der Waals surface area contributed by atoms with E-state index in [2.05, 4.69) is 10.6 Å². The molecule has 0 radical (unpaired) electrons. The summed E-state index contributed by atoms with van der Waals surface area (Å²) in [6.07, 6.45) is 1.33. The van der Waals surface area contributed by atoms with Crippen molar-refractivity contribution < 1.29 is 14.4 Å². The van der Waals surface area contributed by atoms with Gasteiger partial charge in [0.2, 0.25) is 17.7 Å². The standard InChI is InChI=1S/C16H19N3O3/c20-14-8-9-17-15(21)12-6-7-13(19(12)14)16(22)18-10-11-4-2-1-3-5-11/h1-5,12-13H,6-10H2,(H,17,21)(H,18,22)/t12-,13+/m1/s1. The summed E-state index contributed by atoms with van der Waals surface area (Å²) in [5.41, 5.74) is 1.00. The fourth-order valence-electron chi connectivity index (χ4n) is 3.12. The maximum atomic E-state index is 12.4. The summed E-state index contributed by atoms with van der Waals surface area (Å²) >= 11 is 0. The van der Waals surface area contributed by atoms with E-state index >= 15 is 0 Å². The van der Waals surface area contributed by atoms with E-state index in [1.165, 1.54) is 4.90 Å². The Kier molecular flexibility index (Phi) is 4.09. The number of hydrogen-bond donors (Lipinski definition) is 2. The molecule has 0 saturated carbocycles. The van der Waals surface area contributed by atoms with Crippen molar-refractivity contribution >= 4 is 17.7 Å². The zero-order chi connectivity index (χ0) is 15.5. The maximum absolute atomic E-state index is 12.4. The van der Waals surface area contributed by atoms with Crippen molar-refractivity contribution in [3.8, 4) is 0 Å². The molecule has 2 heterocycles. The number of fused-ring (bicyclic) bond motifs is 1. The third kappa shape index (κ3) is 2.81. The van der Waals surface area contributed by atoms with Crippen LogP contribution in [0.25, 0.3) is 0 Å². The molecular weight excluding hydrogens is 282 g/mol. The molecule has 2 N–H and O–H groups in total. The number of rotatable bonds is 3. The van der Waals surface area contributed by atoms with E-state index in [-0.39, 0.29) is 24.1 Å². The molecule has 0 unspecified atom stereocenters. The number of nitrogens with one attached hydrogen (secondary N) is 2. The van der Waals surface area contributed by atoms with Crippen LogP contribution in [0.2, 0.25) is 0 Å². The van der Waals surface area contributed by atoms with Gasteiger partial charge in [-0.1, -0.05) is 30.3 Å². The van der Waals surface area contributed by atoms with Gasteiger partial charge in [-0.2, -0.15) is 0 Å². The fourth-order valence-corrected chi connectivity index (χ4v) is 3.12. The molecular formula is C16H19N3O3. The predicted octanol–water partition coefficient (Wildman–Crippen LogP) is 0.182. The molecule has 0 aliphatic carbocycles. The molecule has 2 aliphatic rings. The van der Waals surface area contributed by atoms with Crippen LogP contribution in [0.15, 0.2) is 30.3 Å². The van der Waals surface area contributed by atoms with Crippen LogP contribution in [-0.4, -0.2) is 41.2 Å². The largest absolute Gasteiger partial charge is 0.354 e. The number of benzene rings is 1. The van der Waals surface area contributed by atoms with E-state index in [0.717, 1.165) is 5.56 Å². The molecule has 22 heavy (non-hydrogen) atoms. The first-order chi connectivity index (χ1) is 10.7. The lowest BCUT2D eigenvalue weighted by atomic mass is 10.1. The van der Waals surface area contributed by atoms with Gasteiger partial charge in [-0.25, -0.2) is 0 Å². The Balaban J connectivity index is 1.67. The number of carbonyl (C=O) groups is 3. The molecule has 1 aromatic rings. The van der Waals surface area contributed by atoms with Gasteiger partial charge in [0, 0.05) is 19.5 Å². The van der Waals surface area contributed by atoms with Crippen LogP contribution in [-0.2, 0) is 20.9 Å². The zero-order valence-corrected chi connectivity index (χ0v) is 12.2. The van der Waals surface area contributed by atoms with Crippen LogP contribution in [0.1, 0.15) is 24.8 Å². The van der Waals surface area contributed by atoms with Crippen molar-refractivity contribution in [2.24, 2.45) is 0 Å². The second kappa shape index (κ2) is 6.17. The third-order valence-corrected chi connectivity index (χ3v) is 4.23. The molecule has 2 saturated heterocycles. The lowest BCUT2D eigenvalue weighted by Crippen LogP contribution is -2.50. The van der Waals surface area contributed by atoms with Crippen molar-refractivity contribution in [3.63, 3.8) is 0 Å². The minimum atomic E-state index is -0.537. The summed E-state index contributed by atoms with van der Waals surface area (Å²) in [4.78, 5) is 38.0. The van der Waals surface area contributed by atoms with Gasteiger partial charge in [0.25, 0.3) is 0 Å². The molecule has 6 nitrogen and oxygen atoms in total. The van der Waals surface area contributed by atoms with E-state index in [9.17, 15) is 14.4 Å². The third-order valence-electron chi connectivity index (χ3n) is 4.23. The highest BCUT2D eigenvalue weighted by Gasteiger charge is 2.44. The highest BCUT2D eigenvalue weighted by atomic mass is 16.2. The van der Waals surface area contributed by atoms with Gasteiger partial charge in [-0.05, 0) is 18.4 Å². The molecule has 3 rings (SSSR count). The average molecular weight is 301 g/mol. The van der Waals surface area contributed by atoms with Crippen LogP contribution < -0.4 is 10.6 Å². The van der Waals surface area contributed by atoms with Crippen LogP contribution in [0.5, 0.6) is 0 Å². The lowest BCUT2D eigenvalue weighted by molar-refractivity contribution is -0.142. The van der Waals surface area contributed by atoms with Crippen LogP contribution in [0.3, 0.4) is 0 Å². The Morgan fingerprint density at radius 2 is 2.00 bits per heavy atom. The van der Waals surface area contributed by atoms with Crippen molar-refractivity contribution in [2.75, 3.05) is 6.54 Å². The minimum absolute atomic E-state index is 0.124. The summed E-state index contributed by atoms with van der Waals surface area (Å²) in [6.45, 7) is 0.776. The van der Waals surface area contributed by atoms with Crippen LogP contribution in [0.4, 0.5) is 0 Å². The molecule has 3 amide bonds. The van der Waals surface area contributed by atoms with Crippen molar-refractivity contribution in [2.45, 2.75) is 37.9 Å². The average Bonchev–Trinajstić information content (AvgIpc) is 2.93. The van der Waals surface area contributed by atoms with Crippen molar-refractivity contribution in [3.05, 3.63) is 35.9 Å². The summed E-state index contributed by atoms with van der Waals surface area (Å²) < 4.78 is 0. The van der Waals surface area contributed by atoms with Gasteiger partial charge in [0.05, 0.1) is 0 Å². The van der Waals surface area contributed by atoms with E-state index in [1.807, 2.05) is 30.3 Å². The van der Waals surface area contributed by atoms with Crippen LogP contribution >= 0.6 is 0 Å². The first kappa shape index (κ1) is 14.6. The highest BCUT2D eigenvalue weighted by molar-refractivity contribution is 5.95. The maximum Gasteiger partial charge on any atom is 0.243 e. The van der Waals surface area contributed by atoms with Gasteiger partial charge in [-0.15, -0.1) is 0 Å². The van der Waals surface area contributed by atoms with E-state index in [1.54, 1.807) is 0 Å². The fraction of sp³-hybridized carbons (Fsp3) is 0.438. The number of amides is 3. The molecule has 0 aromatic heterocycles. The predicted molar refractivity (Wildman–Crippen MR) is 79.6 cm³/mol. The van der Waals surface area contributed by atoms with Crippen LogP contribution in [0, 0.1) is 0 Å². The van der Waals surface area contributed by atoms with E-state index in [4.69, 9.17) is 0 Å². The molecule has 2 atom stereocenters. The summed E-state index contributed by atoms with van der Waals surface area (Å²) in [5.74, 6) is -0.459. The first-order valence-corrected chi connectivity index (χ1v) is 7.57. The van der Waals surface area contributed by atoms with Gasteiger partial charge < -0.3 is 15.5 Å². The van der Waals surface area contributed by atoms with Gasteiger partial charge in [0.15, 0.2) is 0 Å². The number of carbonyl (C=O) groups excluding carboxylic acids is 3. The molecule has 0 spiro atoms. The van der Waals surface area contributed by atoms with Gasteiger partial charge in [0.1, 0.15) is 12.1 Å². The van der Waals surface area contributed by atoms with E-state index in [0.29, 0.717) is 25.9 Å². The van der Waals surface area contributed by atoms with Crippen molar-refractivity contribution in [1.82, 2.24) is 15.5 Å². The molecule has 116 valence electrons. The smallest absolute Gasteiger partial charge is 0.243 e. The second-order valence-corrected chi connectivity index (χ2v) is 5.65. The highest BCUT2D eigenvalue weighted by Crippen LogP contribution is 2.26. The quantitative estimate of drug-likeness (QED) is 0.836. The topological polar surface area (TPSA) is 78.5 Å². The number of nitrogens with zero attached hydrogens (tertiary/aromatic N) is 1. The van der Waals surface area contributed by atoms with E-state index < -0.39 is 12.1 Å². The second-order valence-electron chi connectivity index (χ2n) is 5.65.